The maximum Gasteiger partial charge on any atom is 0.250 e. The second-order valence-electron chi connectivity index (χ2n) is 5.23. The highest BCUT2D eigenvalue weighted by molar-refractivity contribution is 5.85. The molecule has 0 bridgehead atoms. The highest BCUT2D eigenvalue weighted by Gasteiger charge is 2.27. The normalized spacial score (nSPS) is 19.5. The van der Waals surface area contributed by atoms with Gasteiger partial charge in [-0.1, -0.05) is 30.3 Å². The standard InChI is InChI=1S/C15H23N3O2.2ClH/c1-12(9-16)17-15(19)14-11-18(7-8-20-14)10-13-5-3-2-4-6-13;;/h2-6,12,14H,7-11,16H2,1H3,(H,17,19);2*1H/t12-,14?;;/m0../s1. The predicted octanol–water partition coefficient (Wildman–Crippen LogP) is 1.19. The molecule has 5 nitrogen and oxygen atoms in total. The molecule has 0 aliphatic carbocycles. The Hall–Kier alpha value is -0.850. The summed E-state index contributed by atoms with van der Waals surface area (Å²) in [5, 5.41) is 2.87. The van der Waals surface area contributed by atoms with Crippen molar-refractivity contribution in [2.24, 2.45) is 5.73 Å². The SMILES string of the molecule is C[C@@H](CN)NC(=O)C1CN(Cc2ccccc2)CCO1.Cl.Cl. The van der Waals surface area contributed by atoms with E-state index in [1.165, 1.54) is 5.56 Å². The number of benzene rings is 1. The molecule has 126 valence electrons. The number of ether oxygens (including phenoxy) is 1. The van der Waals surface area contributed by atoms with Crippen LogP contribution in [0.5, 0.6) is 0 Å². The van der Waals surface area contributed by atoms with Crippen LogP contribution in [0.2, 0.25) is 0 Å². The van der Waals surface area contributed by atoms with Crippen molar-refractivity contribution < 1.29 is 9.53 Å². The first kappa shape index (κ1) is 21.1. The van der Waals surface area contributed by atoms with Crippen molar-refractivity contribution in [3.05, 3.63) is 35.9 Å². The van der Waals surface area contributed by atoms with Crippen molar-refractivity contribution in [3.63, 3.8) is 0 Å². The third-order valence-corrected chi connectivity index (χ3v) is 3.43. The van der Waals surface area contributed by atoms with E-state index in [2.05, 4.69) is 22.3 Å². The molecular formula is C15H25Cl2N3O2. The maximum absolute atomic E-state index is 12.0. The van der Waals surface area contributed by atoms with E-state index in [0.29, 0.717) is 19.7 Å². The lowest BCUT2D eigenvalue weighted by molar-refractivity contribution is -0.139. The predicted molar refractivity (Wildman–Crippen MR) is 92.6 cm³/mol. The molecule has 3 N–H and O–H groups in total. The summed E-state index contributed by atoms with van der Waals surface area (Å²) < 4.78 is 5.56. The quantitative estimate of drug-likeness (QED) is 0.837. The Bertz CT molecular complexity index is 434. The summed E-state index contributed by atoms with van der Waals surface area (Å²) in [6, 6.07) is 10.2. The van der Waals surface area contributed by atoms with E-state index in [4.69, 9.17) is 10.5 Å². The lowest BCUT2D eigenvalue weighted by atomic mass is 10.2. The first-order valence-electron chi connectivity index (χ1n) is 7.07. The van der Waals surface area contributed by atoms with Crippen molar-refractivity contribution >= 4 is 30.7 Å². The van der Waals surface area contributed by atoms with Gasteiger partial charge >= 0.3 is 0 Å². The topological polar surface area (TPSA) is 67.6 Å². The molecule has 7 heteroatoms. The molecule has 1 amide bonds. The second-order valence-corrected chi connectivity index (χ2v) is 5.23. The van der Waals surface area contributed by atoms with Gasteiger partial charge in [0.2, 0.25) is 0 Å². The Morgan fingerprint density at radius 1 is 1.41 bits per heavy atom. The number of rotatable bonds is 5. The van der Waals surface area contributed by atoms with Crippen LogP contribution in [0, 0.1) is 0 Å². The van der Waals surface area contributed by atoms with E-state index in [-0.39, 0.29) is 36.8 Å². The molecule has 1 aromatic rings. The third kappa shape index (κ3) is 6.50. The lowest BCUT2D eigenvalue weighted by Gasteiger charge is -2.32. The van der Waals surface area contributed by atoms with Gasteiger partial charge in [0.25, 0.3) is 5.91 Å². The fourth-order valence-electron chi connectivity index (χ4n) is 2.24. The monoisotopic (exact) mass is 349 g/mol. The Balaban J connectivity index is 0.00000220. The van der Waals surface area contributed by atoms with Crippen LogP contribution in [0.3, 0.4) is 0 Å². The van der Waals surface area contributed by atoms with Gasteiger partial charge in [-0.3, -0.25) is 9.69 Å². The first-order valence-corrected chi connectivity index (χ1v) is 7.07. The molecule has 0 spiro atoms. The first-order chi connectivity index (χ1) is 9.69. The Morgan fingerprint density at radius 2 is 2.09 bits per heavy atom. The van der Waals surface area contributed by atoms with Gasteiger partial charge in [0.15, 0.2) is 0 Å². The summed E-state index contributed by atoms with van der Waals surface area (Å²) in [5.74, 6) is -0.0688. The van der Waals surface area contributed by atoms with Crippen LogP contribution in [-0.2, 0) is 16.1 Å². The minimum absolute atomic E-state index is 0. The van der Waals surface area contributed by atoms with E-state index >= 15 is 0 Å². The maximum atomic E-state index is 12.0. The third-order valence-electron chi connectivity index (χ3n) is 3.43. The molecule has 2 atom stereocenters. The smallest absolute Gasteiger partial charge is 0.250 e. The molecule has 1 heterocycles. The summed E-state index contributed by atoms with van der Waals surface area (Å²) in [5.41, 5.74) is 6.77. The summed E-state index contributed by atoms with van der Waals surface area (Å²) in [6.45, 7) is 5.24. The molecular weight excluding hydrogens is 325 g/mol. The summed E-state index contributed by atoms with van der Waals surface area (Å²) in [7, 11) is 0. The molecule has 0 radical (unpaired) electrons. The van der Waals surface area contributed by atoms with Crippen LogP contribution < -0.4 is 11.1 Å². The number of amides is 1. The van der Waals surface area contributed by atoms with Gasteiger partial charge in [-0.05, 0) is 12.5 Å². The molecule has 22 heavy (non-hydrogen) atoms. The number of nitrogens with one attached hydrogen (secondary N) is 1. The van der Waals surface area contributed by atoms with E-state index in [1.54, 1.807) is 0 Å². The Kier molecular flexibility index (Phi) is 10.4. The fourth-order valence-corrected chi connectivity index (χ4v) is 2.24. The van der Waals surface area contributed by atoms with Gasteiger partial charge in [0, 0.05) is 32.2 Å². The molecule has 1 aliphatic heterocycles. The summed E-state index contributed by atoms with van der Waals surface area (Å²) in [6.07, 6.45) is -0.401. The van der Waals surface area contributed by atoms with Crippen LogP contribution in [0.1, 0.15) is 12.5 Å². The zero-order chi connectivity index (χ0) is 14.4. The highest BCUT2D eigenvalue weighted by Crippen LogP contribution is 2.10. The van der Waals surface area contributed by atoms with Gasteiger partial charge in [0.05, 0.1) is 6.61 Å². The average molecular weight is 350 g/mol. The molecule has 2 rings (SSSR count). The Labute approximate surface area is 144 Å². The minimum Gasteiger partial charge on any atom is -0.366 e. The zero-order valence-electron chi connectivity index (χ0n) is 12.7. The van der Waals surface area contributed by atoms with Gasteiger partial charge in [0.1, 0.15) is 6.10 Å². The number of nitrogens with two attached hydrogens (primary N) is 1. The molecule has 0 aromatic heterocycles. The Morgan fingerprint density at radius 3 is 2.73 bits per heavy atom. The molecule has 1 unspecified atom stereocenters. The number of halogens is 2. The molecule has 1 aliphatic rings. The van der Waals surface area contributed by atoms with E-state index in [1.807, 2.05) is 25.1 Å². The minimum atomic E-state index is -0.401. The van der Waals surface area contributed by atoms with Crippen molar-refractivity contribution in [3.8, 4) is 0 Å². The van der Waals surface area contributed by atoms with Gasteiger partial charge in [-0.15, -0.1) is 24.8 Å². The fraction of sp³-hybridized carbons (Fsp3) is 0.533. The zero-order valence-corrected chi connectivity index (χ0v) is 14.4. The van der Waals surface area contributed by atoms with Crippen molar-refractivity contribution in [1.82, 2.24) is 10.2 Å². The van der Waals surface area contributed by atoms with Crippen LogP contribution in [0.4, 0.5) is 0 Å². The second kappa shape index (κ2) is 10.8. The largest absolute Gasteiger partial charge is 0.366 e. The van der Waals surface area contributed by atoms with Gasteiger partial charge in [-0.2, -0.15) is 0 Å². The summed E-state index contributed by atoms with van der Waals surface area (Å²) in [4.78, 5) is 14.3. The van der Waals surface area contributed by atoms with Gasteiger partial charge < -0.3 is 15.8 Å². The van der Waals surface area contributed by atoms with Crippen LogP contribution in [-0.4, -0.2) is 49.2 Å². The molecule has 1 fully saturated rings. The average Bonchev–Trinajstić information content (AvgIpc) is 2.48. The van der Waals surface area contributed by atoms with Crippen molar-refractivity contribution in [1.29, 1.82) is 0 Å². The van der Waals surface area contributed by atoms with E-state index in [0.717, 1.165) is 13.1 Å². The number of nitrogens with zero attached hydrogens (tertiary/aromatic N) is 1. The molecule has 1 saturated heterocycles. The van der Waals surface area contributed by atoms with Crippen LogP contribution in [0.25, 0.3) is 0 Å². The number of carbonyl (C=O) groups is 1. The van der Waals surface area contributed by atoms with E-state index < -0.39 is 6.10 Å². The number of hydrogen-bond donors (Lipinski definition) is 2. The highest BCUT2D eigenvalue weighted by atomic mass is 35.5. The van der Waals surface area contributed by atoms with Gasteiger partial charge in [-0.25, -0.2) is 0 Å². The molecule has 0 saturated carbocycles. The number of morpholine rings is 1. The van der Waals surface area contributed by atoms with E-state index in [9.17, 15) is 4.79 Å². The van der Waals surface area contributed by atoms with Crippen LogP contribution >= 0.6 is 24.8 Å². The lowest BCUT2D eigenvalue weighted by Crippen LogP contribution is -2.52. The molecule has 1 aromatic carbocycles. The van der Waals surface area contributed by atoms with Crippen LogP contribution in [0.15, 0.2) is 30.3 Å². The number of carbonyl (C=O) groups excluding carboxylic acids is 1. The van der Waals surface area contributed by atoms with Crippen molar-refractivity contribution in [2.45, 2.75) is 25.6 Å². The van der Waals surface area contributed by atoms with Crippen molar-refractivity contribution in [2.75, 3.05) is 26.2 Å². The summed E-state index contributed by atoms with van der Waals surface area (Å²) >= 11 is 0. The number of hydrogen-bond acceptors (Lipinski definition) is 4.